The number of carbonyl (C=O) groups excluding carboxylic acids is 1. The maximum absolute atomic E-state index is 11.0. The van der Waals surface area contributed by atoms with E-state index in [9.17, 15) is 4.79 Å². The molecule has 3 heteroatoms. The summed E-state index contributed by atoms with van der Waals surface area (Å²) in [7, 11) is 0. The molecular formula is C7H13NOS. The molecule has 0 aromatic carbocycles. The molecule has 1 rings (SSSR count). The highest BCUT2D eigenvalue weighted by Gasteiger charge is 2.20. The average molecular weight is 159 g/mol. The zero-order valence-corrected chi connectivity index (χ0v) is 7.03. The van der Waals surface area contributed by atoms with Crippen LogP contribution in [0.2, 0.25) is 0 Å². The van der Waals surface area contributed by atoms with Gasteiger partial charge in [-0.3, -0.25) is 4.79 Å². The van der Waals surface area contributed by atoms with Gasteiger partial charge < -0.3 is 5.32 Å². The van der Waals surface area contributed by atoms with Crippen molar-refractivity contribution in [2.75, 3.05) is 6.54 Å². The molecule has 0 aromatic rings. The molecule has 0 saturated carbocycles. The highest BCUT2D eigenvalue weighted by Crippen LogP contribution is 2.16. The number of amides is 1. The van der Waals surface area contributed by atoms with Crippen molar-refractivity contribution in [1.82, 2.24) is 5.32 Å². The Morgan fingerprint density at radius 3 is 3.10 bits per heavy atom. The minimum atomic E-state index is -0.0856. The van der Waals surface area contributed by atoms with Crippen molar-refractivity contribution >= 4 is 18.5 Å². The second-order valence-electron chi connectivity index (χ2n) is 2.94. The Morgan fingerprint density at radius 1 is 1.70 bits per heavy atom. The molecule has 2 unspecified atom stereocenters. The Morgan fingerprint density at radius 2 is 2.40 bits per heavy atom. The average Bonchev–Trinajstić information content (AvgIpc) is 1.96. The first-order valence-electron chi connectivity index (χ1n) is 3.66. The van der Waals surface area contributed by atoms with E-state index in [1.165, 1.54) is 0 Å². The van der Waals surface area contributed by atoms with E-state index in [-0.39, 0.29) is 11.2 Å². The Balaban J connectivity index is 2.49. The number of rotatable bonds is 0. The molecule has 0 aliphatic carbocycles. The Bertz CT molecular complexity index is 138. The van der Waals surface area contributed by atoms with E-state index >= 15 is 0 Å². The lowest BCUT2D eigenvalue weighted by molar-refractivity contribution is -0.120. The van der Waals surface area contributed by atoms with Gasteiger partial charge in [0.2, 0.25) is 5.91 Å². The molecule has 1 heterocycles. The normalized spacial score (nSPS) is 34.8. The maximum atomic E-state index is 11.0. The minimum absolute atomic E-state index is 0.0856. The van der Waals surface area contributed by atoms with E-state index in [0.717, 1.165) is 19.4 Å². The summed E-state index contributed by atoms with van der Waals surface area (Å²) in [5.41, 5.74) is 0. The fraction of sp³-hybridized carbons (Fsp3) is 0.857. The summed E-state index contributed by atoms with van der Waals surface area (Å²) in [5, 5.41) is 2.72. The largest absolute Gasteiger partial charge is 0.355 e. The van der Waals surface area contributed by atoms with Crippen LogP contribution in [0.15, 0.2) is 0 Å². The standard InChI is InChI=1S/C7H13NOS/c1-5-2-3-8-7(9)6(10)4-5/h5-6,10H,2-4H2,1H3,(H,8,9). The van der Waals surface area contributed by atoms with E-state index in [4.69, 9.17) is 0 Å². The molecule has 2 atom stereocenters. The summed E-state index contributed by atoms with van der Waals surface area (Å²) in [6, 6.07) is 0. The van der Waals surface area contributed by atoms with Crippen molar-refractivity contribution < 1.29 is 4.79 Å². The van der Waals surface area contributed by atoms with Gasteiger partial charge in [0, 0.05) is 6.54 Å². The zero-order valence-electron chi connectivity index (χ0n) is 6.13. The predicted octanol–water partition coefficient (Wildman–Crippen LogP) is 0.831. The first-order valence-corrected chi connectivity index (χ1v) is 4.17. The molecule has 1 aliphatic heterocycles. The number of thiol groups is 1. The molecule has 0 radical (unpaired) electrons. The quantitative estimate of drug-likeness (QED) is 0.504. The Kier molecular flexibility index (Phi) is 2.60. The third-order valence-corrected chi connectivity index (χ3v) is 2.31. The summed E-state index contributed by atoms with van der Waals surface area (Å²) in [4.78, 5) is 11.0. The molecule has 10 heavy (non-hydrogen) atoms. The van der Waals surface area contributed by atoms with Crippen molar-refractivity contribution in [2.45, 2.75) is 25.0 Å². The number of hydrogen-bond donors (Lipinski definition) is 2. The van der Waals surface area contributed by atoms with Gasteiger partial charge in [-0.2, -0.15) is 12.6 Å². The van der Waals surface area contributed by atoms with Crippen LogP contribution in [0.1, 0.15) is 19.8 Å². The molecule has 1 N–H and O–H groups in total. The molecule has 0 bridgehead atoms. The van der Waals surface area contributed by atoms with Crippen LogP contribution >= 0.6 is 12.6 Å². The topological polar surface area (TPSA) is 29.1 Å². The fourth-order valence-corrected chi connectivity index (χ4v) is 1.62. The summed E-state index contributed by atoms with van der Waals surface area (Å²) < 4.78 is 0. The molecule has 1 fully saturated rings. The molecule has 0 aromatic heterocycles. The van der Waals surface area contributed by atoms with E-state index in [0.29, 0.717) is 5.92 Å². The van der Waals surface area contributed by atoms with Crippen LogP contribution in [-0.2, 0) is 4.79 Å². The van der Waals surface area contributed by atoms with Crippen molar-refractivity contribution in [3.8, 4) is 0 Å². The van der Waals surface area contributed by atoms with Gasteiger partial charge in [0.25, 0.3) is 0 Å². The maximum Gasteiger partial charge on any atom is 0.232 e. The van der Waals surface area contributed by atoms with E-state index in [1.807, 2.05) is 0 Å². The van der Waals surface area contributed by atoms with Gasteiger partial charge in [-0.25, -0.2) is 0 Å². The van der Waals surface area contributed by atoms with Gasteiger partial charge >= 0.3 is 0 Å². The first-order chi connectivity index (χ1) is 4.70. The summed E-state index contributed by atoms with van der Waals surface area (Å²) >= 11 is 4.17. The van der Waals surface area contributed by atoms with Gasteiger partial charge in [0.05, 0.1) is 5.25 Å². The van der Waals surface area contributed by atoms with Gasteiger partial charge in [0.1, 0.15) is 0 Å². The van der Waals surface area contributed by atoms with Crippen LogP contribution < -0.4 is 5.32 Å². The number of nitrogens with one attached hydrogen (secondary N) is 1. The minimum Gasteiger partial charge on any atom is -0.355 e. The molecule has 2 nitrogen and oxygen atoms in total. The molecule has 58 valence electrons. The molecule has 1 aliphatic rings. The van der Waals surface area contributed by atoms with Crippen LogP contribution in [0.4, 0.5) is 0 Å². The van der Waals surface area contributed by atoms with Crippen LogP contribution in [0, 0.1) is 5.92 Å². The monoisotopic (exact) mass is 159 g/mol. The Hall–Kier alpha value is -0.180. The highest BCUT2D eigenvalue weighted by molar-refractivity contribution is 7.81. The van der Waals surface area contributed by atoms with Crippen LogP contribution in [0.5, 0.6) is 0 Å². The lowest BCUT2D eigenvalue weighted by Gasteiger charge is -2.07. The van der Waals surface area contributed by atoms with Crippen molar-refractivity contribution in [3.63, 3.8) is 0 Å². The number of hydrogen-bond acceptors (Lipinski definition) is 2. The van der Waals surface area contributed by atoms with Crippen molar-refractivity contribution in [1.29, 1.82) is 0 Å². The highest BCUT2D eigenvalue weighted by atomic mass is 32.1. The third kappa shape index (κ3) is 1.90. The van der Waals surface area contributed by atoms with Gasteiger partial charge in [-0.1, -0.05) is 6.92 Å². The van der Waals surface area contributed by atoms with Crippen LogP contribution in [-0.4, -0.2) is 17.7 Å². The Labute approximate surface area is 66.8 Å². The smallest absolute Gasteiger partial charge is 0.232 e. The predicted molar refractivity (Wildman–Crippen MR) is 44.2 cm³/mol. The second kappa shape index (κ2) is 3.28. The van der Waals surface area contributed by atoms with Crippen molar-refractivity contribution in [2.24, 2.45) is 5.92 Å². The second-order valence-corrected chi connectivity index (χ2v) is 3.56. The zero-order chi connectivity index (χ0) is 7.56. The van der Waals surface area contributed by atoms with Crippen LogP contribution in [0.3, 0.4) is 0 Å². The summed E-state index contributed by atoms with van der Waals surface area (Å²) in [6.07, 6.45) is 2.00. The van der Waals surface area contributed by atoms with Crippen LogP contribution in [0.25, 0.3) is 0 Å². The van der Waals surface area contributed by atoms with Gasteiger partial charge in [-0.15, -0.1) is 0 Å². The lowest BCUT2D eigenvalue weighted by atomic mass is 10.0. The SMILES string of the molecule is CC1CCNC(=O)C(S)C1. The molecule has 1 saturated heterocycles. The van der Waals surface area contributed by atoms with Crippen molar-refractivity contribution in [3.05, 3.63) is 0 Å². The number of carbonyl (C=O) groups is 1. The summed E-state index contributed by atoms with van der Waals surface area (Å²) in [5.74, 6) is 0.717. The third-order valence-electron chi connectivity index (χ3n) is 1.86. The van der Waals surface area contributed by atoms with E-state index in [2.05, 4.69) is 24.9 Å². The van der Waals surface area contributed by atoms with E-state index in [1.54, 1.807) is 0 Å². The lowest BCUT2D eigenvalue weighted by Crippen LogP contribution is -2.29. The van der Waals surface area contributed by atoms with E-state index < -0.39 is 0 Å². The molecular weight excluding hydrogens is 146 g/mol. The summed E-state index contributed by atoms with van der Waals surface area (Å²) in [6.45, 7) is 2.97. The first kappa shape index (κ1) is 7.92. The van der Waals surface area contributed by atoms with Gasteiger partial charge in [0.15, 0.2) is 0 Å². The molecule has 0 spiro atoms. The fourth-order valence-electron chi connectivity index (χ4n) is 1.17. The van der Waals surface area contributed by atoms with Gasteiger partial charge in [-0.05, 0) is 18.8 Å². The molecule has 1 amide bonds.